The number of ketones is 1. The Balaban J connectivity index is 0.000000146. The van der Waals surface area contributed by atoms with Crippen LogP contribution in [0.2, 0.25) is 0 Å². The molecule has 4 heterocycles. The molecule has 4 fully saturated rings. The molecule has 2 saturated heterocycles. The van der Waals surface area contributed by atoms with Crippen molar-refractivity contribution in [3.05, 3.63) is 166 Å². The lowest BCUT2D eigenvalue weighted by Gasteiger charge is -2.32. The molecule has 386 valence electrons. The van der Waals surface area contributed by atoms with Crippen molar-refractivity contribution in [3.63, 3.8) is 0 Å². The molecule has 6 aromatic rings. The molecule has 2 spiro atoms. The van der Waals surface area contributed by atoms with E-state index in [2.05, 4.69) is 6.07 Å². The lowest BCUT2D eigenvalue weighted by molar-refractivity contribution is -0.130. The molecule has 76 heavy (non-hydrogen) atoms. The van der Waals surface area contributed by atoms with Gasteiger partial charge in [0.05, 0.1) is 17.5 Å². The molecule has 0 bridgehead atoms. The number of amides is 4. The van der Waals surface area contributed by atoms with Crippen LogP contribution in [0.5, 0.6) is 11.5 Å². The van der Waals surface area contributed by atoms with E-state index in [-0.39, 0.29) is 82.8 Å². The second kappa shape index (κ2) is 18.3. The average molecular weight is 1060 g/mol. The van der Waals surface area contributed by atoms with E-state index < -0.39 is 6.10 Å². The summed E-state index contributed by atoms with van der Waals surface area (Å²) in [5.41, 5.74) is 8.80. The van der Waals surface area contributed by atoms with Gasteiger partial charge < -0.3 is 34.9 Å². The Bertz CT molecular complexity index is 3460. The van der Waals surface area contributed by atoms with Gasteiger partial charge >= 0.3 is 0 Å². The number of likely N-dealkylation sites (tertiary alicyclic amines) is 2. The molecule has 0 aromatic heterocycles. The zero-order valence-corrected chi connectivity index (χ0v) is 43.3. The number of piperidine rings is 2. The van der Waals surface area contributed by atoms with Crippen LogP contribution < -0.4 is 9.80 Å². The van der Waals surface area contributed by atoms with Crippen molar-refractivity contribution in [2.45, 2.75) is 80.1 Å². The smallest absolute Gasteiger partial charge is 0.227 e. The van der Waals surface area contributed by atoms with Crippen LogP contribution in [0.25, 0.3) is 21.5 Å². The van der Waals surface area contributed by atoms with Crippen molar-refractivity contribution in [1.82, 2.24) is 9.80 Å². The first-order valence-corrected chi connectivity index (χ1v) is 27.6. The number of halogens is 2. The Labute approximate surface area is 449 Å². The number of rotatable bonds is 10. The van der Waals surface area contributed by atoms with Gasteiger partial charge in [0.1, 0.15) is 11.5 Å². The van der Waals surface area contributed by atoms with Crippen LogP contribution >= 0.6 is 23.2 Å². The fraction of sp³-hybridized carbons (Fsp3) is 0.339. The number of hydrogen-bond acceptors (Lipinski definition) is 8. The standard InChI is InChI=1S/C31H28Cl2N2O4.C31H28N2O4/c32-14-18-16-34(24-12-26(36)20-6-1-3-8-22(20)30(18)24)28(38)10-5-11-29(39)35-17-19(15-33)31-23-9-4-2-7-21(23)27(37)13-25(31)35;34-24-12-26-30(22-8-3-1-6-20(22)24)14-18(30)16-32(26)28(36)10-5-11-29(37)33-17-19-15-31(19)23-9-4-2-7-21(23)25(35)13-27(31)33/h1-4,6-9,12-13,18-19,36-37H,5,10-11,14-17H2;1-4,6-9,12-13,18-19,24,34H,5,10-11,14-17H2/t18-,19-;18-,19-,24?,30?,31?/m11/s1. The summed E-state index contributed by atoms with van der Waals surface area (Å²) in [4.78, 5) is 73.0. The first kappa shape index (κ1) is 48.6. The maximum atomic E-state index is 13.3. The Kier molecular flexibility index (Phi) is 11.7. The third-order valence-corrected chi connectivity index (χ3v) is 18.7. The first-order valence-electron chi connectivity index (χ1n) is 26.6. The topological polar surface area (TPSA) is 159 Å². The van der Waals surface area contributed by atoms with E-state index in [1.807, 2.05) is 107 Å². The number of aliphatic hydroxyl groups is 1. The minimum absolute atomic E-state index is 0.000206. The maximum absolute atomic E-state index is 13.3. The highest BCUT2D eigenvalue weighted by atomic mass is 35.5. The van der Waals surface area contributed by atoms with Gasteiger partial charge in [0, 0.05) is 132 Å². The Morgan fingerprint density at radius 2 is 0.974 bits per heavy atom. The molecule has 7 atom stereocenters. The van der Waals surface area contributed by atoms with Gasteiger partial charge in [-0.15, -0.1) is 23.2 Å². The zero-order valence-electron chi connectivity index (χ0n) is 41.8. The van der Waals surface area contributed by atoms with Crippen molar-refractivity contribution in [3.8, 4) is 11.5 Å². The van der Waals surface area contributed by atoms with Crippen LogP contribution in [0.4, 0.5) is 11.4 Å². The van der Waals surface area contributed by atoms with Gasteiger partial charge in [0.25, 0.3) is 0 Å². The van der Waals surface area contributed by atoms with Crippen molar-refractivity contribution in [1.29, 1.82) is 0 Å². The largest absolute Gasteiger partial charge is 0.507 e. The fourth-order valence-electron chi connectivity index (χ4n) is 14.3. The van der Waals surface area contributed by atoms with Gasteiger partial charge in [-0.1, -0.05) is 97.1 Å². The normalized spacial score (nSPS) is 25.5. The van der Waals surface area contributed by atoms with Crippen LogP contribution in [-0.2, 0) is 30.0 Å². The van der Waals surface area contributed by atoms with Gasteiger partial charge in [-0.05, 0) is 82.2 Å². The van der Waals surface area contributed by atoms with Gasteiger partial charge in [-0.2, -0.15) is 0 Å². The van der Waals surface area contributed by atoms with Crippen LogP contribution in [0, 0.1) is 11.8 Å². The molecule has 6 aromatic carbocycles. The lowest BCUT2D eigenvalue weighted by Crippen LogP contribution is -2.34. The third-order valence-electron chi connectivity index (χ3n) is 18.0. The summed E-state index contributed by atoms with van der Waals surface area (Å²) in [6.07, 6.45) is 6.68. The molecule has 3 N–H and O–H groups in total. The summed E-state index contributed by atoms with van der Waals surface area (Å²) in [5, 5.41) is 35.3. The van der Waals surface area contributed by atoms with Crippen molar-refractivity contribution in [2.24, 2.45) is 11.8 Å². The van der Waals surface area contributed by atoms with E-state index in [1.165, 1.54) is 0 Å². The summed E-state index contributed by atoms with van der Waals surface area (Å²) >= 11 is 12.6. The molecule has 4 aliphatic heterocycles. The molecule has 3 unspecified atom stereocenters. The van der Waals surface area contributed by atoms with Gasteiger partial charge in [-0.25, -0.2) is 0 Å². The number of phenolic OH excluding ortho intramolecular Hbond substituents is 2. The minimum Gasteiger partial charge on any atom is -0.507 e. The number of carbonyl (C=O) groups excluding carboxylic acids is 5. The second-order valence-corrected chi connectivity index (χ2v) is 22.6. The average Bonchev–Trinajstić information content (AvgIpc) is 4.25. The summed E-state index contributed by atoms with van der Waals surface area (Å²) in [6, 6.07) is 34.3. The number of aliphatic hydroxyl groups excluding tert-OH is 1. The van der Waals surface area contributed by atoms with E-state index in [0.717, 1.165) is 79.2 Å². The van der Waals surface area contributed by atoms with E-state index in [4.69, 9.17) is 23.2 Å². The predicted molar refractivity (Wildman–Crippen MR) is 292 cm³/mol. The number of fused-ring (bicyclic) bond motifs is 8. The minimum atomic E-state index is -0.696. The summed E-state index contributed by atoms with van der Waals surface area (Å²) < 4.78 is 0. The SMILES string of the molecule is O=C(CCCC(=O)N1C[C@@H](CCl)c2c1cc(O)c1ccccc21)N1C[C@@H](CCl)c2c1cc(O)c1ccccc21.O=C1C=C2N(C(=O)CCCC(=O)N3C[C@H]4CC45C3=CC(O)c3ccccc35)C[C@H]3CC23c2ccccc21. The Morgan fingerprint density at radius 3 is 1.50 bits per heavy atom. The Morgan fingerprint density at radius 1 is 0.539 bits per heavy atom. The molecule has 4 amide bonds. The van der Waals surface area contributed by atoms with Crippen LogP contribution in [0.15, 0.2) is 133 Å². The Hall–Kier alpha value is -6.99. The number of nitrogens with zero attached hydrogens (tertiary/aromatic N) is 4. The number of phenols is 2. The van der Waals surface area contributed by atoms with E-state index in [9.17, 15) is 39.3 Å². The molecular weight excluding hydrogens is 1000 g/mol. The van der Waals surface area contributed by atoms with Crippen LogP contribution in [-0.4, -0.2) is 92.5 Å². The highest BCUT2D eigenvalue weighted by Crippen LogP contribution is 2.68. The van der Waals surface area contributed by atoms with Crippen LogP contribution in [0.1, 0.15) is 107 Å². The number of benzene rings is 6. The number of aromatic hydroxyl groups is 2. The molecule has 0 radical (unpaired) electrons. The number of carbonyl (C=O) groups is 5. The number of hydrogen-bond donors (Lipinski definition) is 3. The third kappa shape index (κ3) is 7.37. The van der Waals surface area contributed by atoms with Crippen LogP contribution in [0.3, 0.4) is 0 Å². The van der Waals surface area contributed by atoms with Crippen molar-refractivity contribution in [2.75, 3.05) is 47.7 Å². The number of allylic oxidation sites excluding steroid dienone is 3. The molecule has 2 saturated carbocycles. The molecule has 12 nitrogen and oxygen atoms in total. The first-order chi connectivity index (χ1) is 36.9. The summed E-state index contributed by atoms with van der Waals surface area (Å²) in [7, 11) is 0. The second-order valence-electron chi connectivity index (χ2n) is 21.9. The predicted octanol–water partition coefficient (Wildman–Crippen LogP) is 10.4. The molecule has 8 aliphatic rings. The maximum Gasteiger partial charge on any atom is 0.227 e. The molecule has 4 aliphatic carbocycles. The highest BCUT2D eigenvalue weighted by molar-refractivity contribution is 6.19. The van der Waals surface area contributed by atoms with E-state index >= 15 is 0 Å². The van der Waals surface area contributed by atoms with Crippen molar-refractivity contribution < 1.29 is 39.3 Å². The zero-order chi connectivity index (χ0) is 52.4. The van der Waals surface area contributed by atoms with Crippen molar-refractivity contribution >= 4 is 85.5 Å². The van der Waals surface area contributed by atoms with Gasteiger partial charge in [0.15, 0.2) is 5.78 Å². The fourth-order valence-corrected chi connectivity index (χ4v) is 14.8. The van der Waals surface area contributed by atoms with Gasteiger partial charge in [-0.3, -0.25) is 24.0 Å². The van der Waals surface area contributed by atoms with E-state index in [1.54, 1.807) is 28.0 Å². The van der Waals surface area contributed by atoms with Gasteiger partial charge in [0.2, 0.25) is 23.6 Å². The highest BCUT2D eigenvalue weighted by Gasteiger charge is 2.68. The summed E-state index contributed by atoms with van der Waals surface area (Å²) in [6.45, 7) is 2.23. The number of anilines is 2. The number of alkyl halides is 2. The molecule has 14 heteroatoms. The lowest BCUT2D eigenvalue weighted by atomic mass is 9.81. The van der Waals surface area contributed by atoms with E-state index in [0.29, 0.717) is 80.4 Å². The molecular formula is C62H56Cl2N4O8. The monoisotopic (exact) mass is 1050 g/mol. The quantitative estimate of drug-likeness (QED) is 0.114. The molecule has 14 rings (SSSR count). The summed E-state index contributed by atoms with van der Waals surface area (Å²) in [5.74, 6) is 1.50.